The molecule has 0 fully saturated rings. The molecule has 2 rings (SSSR count). The van der Waals surface area contributed by atoms with Crippen LogP contribution >= 0.6 is 11.8 Å². The molecular formula is C10H14N6OS. The molecule has 0 unspecified atom stereocenters. The van der Waals surface area contributed by atoms with Crippen molar-refractivity contribution in [2.45, 2.75) is 24.9 Å². The summed E-state index contributed by atoms with van der Waals surface area (Å²) in [7, 11) is 0. The van der Waals surface area contributed by atoms with Gasteiger partial charge in [-0.2, -0.15) is 10.1 Å². The molecule has 0 saturated heterocycles. The Hall–Kier alpha value is -1.83. The van der Waals surface area contributed by atoms with Crippen molar-refractivity contribution in [1.29, 1.82) is 0 Å². The van der Waals surface area contributed by atoms with Crippen molar-refractivity contribution in [3.63, 3.8) is 0 Å². The highest BCUT2D eigenvalue weighted by Gasteiger charge is 2.11. The summed E-state index contributed by atoms with van der Waals surface area (Å²) < 4.78 is 0. The molecule has 96 valence electrons. The molecule has 2 aromatic heterocycles. The van der Waals surface area contributed by atoms with Gasteiger partial charge in [0.1, 0.15) is 5.03 Å². The van der Waals surface area contributed by atoms with Crippen molar-refractivity contribution in [2.75, 3.05) is 11.5 Å². The van der Waals surface area contributed by atoms with Gasteiger partial charge in [0.25, 0.3) is 0 Å². The van der Waals surface area contributed by atoms with Crippen LogP contribution in [0.3, 0.4) is 0 Å². The van der Waals surface area contributed by atoms with Gasteiger partial charge in [0, 0.05) is 6.04 Å². The number of nitrogens with two attached hydrogens (primary N) is 1. The number of hydrogen-bond donors (Lipinski definition) is 3. The van der Waals surface area contributed by atoms with Crippen LogP contribution in [0.1, 0.15) is 13.8 Å². The van der Waals surface area contributed by atoms with Crippen LogP contribution in [0.25, 0.3) is 11.0 Å². The highest BCUT2D eigenvalue weighted by molar-refractivity contribution is 8.00. The molecule has 0 saturated carbocycles. The second-order valence-electron chi connectivity index (χ2n) is 4.03. The summed E-state index contributed by atoms with van der Waals surface area (Å²) in [6, 6.07) is 0.127. The molecule has 2 heterocycles. The summed E-state index contributed by atoms with van der Waals surface area (Å²) >= 11 is 1.32. The predicted octanol–water partition coefficient (Wildman–Crippen LogP) is 0.552. The molecule has 0 spiro atoms. The van der Waals surface area contributed by atoms with Gasteiger partial charge in [0.15, 0.2) is 5.65 Å². The first kappa shape index (κ1) is 12.6. The molecule has 0 aliphatic rings. The first-order chi connectivity index (χ1) is 8.56. The van der Waals surface area contributed by atoms with E-state index in [0.717, 1.165) is 5.39 Å². The van der Waals surface area contributed by atoms with Gasteiger partial charge < -0.3 is 11.1 Å². The van der Waals surface area contributed by atoms with Gasteiger partial charge in [0.05, 0.1) is 17.3 Å². The number of thioether (sulfide) groups is 1. The van der Waals surface area contributed by atoms with E-state index in [-0.39, 0.29) is 23.7 Å². The number of anilines is 1. The fourth-order valence-electron chi connectivity index (χ4n) is 1.43. The number of aromatic amines is 1. The van der Waals surface area contributed by atoms with E-state index in [0.29, 0.717) is 10.7 Å². The third-order valence-corrected chi connectivity index (χ3v) is 3.07. The summed E-state index contributed by atoms with van der Waals surface area (Å²) in [5.41, 5.74) is 6.17. The van der Waals surface area contributed by atoms with Crippen LogP contribution in [-0.4, -0.2) is 37.9 Å². The normalized spacial score (nSPS) is 11.1. The minimum atomic E-state index is -0.0381. The summed E-state index contributed by atoms with van der Waals surface area (Å²) in [6.07, 6.45) is 1.62. The van der Waals surface area contributed by atoms with E-state index in [9.17, 15) is 4.79 Å². The van der Waals surface area contributed by atoms with Crippen molar-refractivity contribution < 1.29 is 4.79 Å². The minimum absolute atomic E-state index is 0.0381. The zero-order valence-electron chi connectivity index (χ0n) is 10.1. The summed E-state index contributed by atoms with van der Waals surface area (Å²) in [5, 5.41) is 10.8. The maximum atomic E-state index is 11.6. The molecule has 0 radical (unpaired) electrons. The second kappa shape index (κ2) is 5.21. The van der Waals surface area contributed by atoms with Crippen LogP contribution in [0.5, 0.6) is 0 Å². The molecule has 0 bridgehead atoms. The number of fused-ring (bicyclic) bond motifs is 1. The quantitative estimate of drug-likeness (QED) is 0.550. The Morgan fingerprint density at radius 3 is 3.06 bits per heavy atom. The van der Waals surface area contributed by atoms with Gasteiger partial charge in [-0.3, -0.25) is 9.89 Å². The molecule has 4 N–H and O–H groups in total. The zero-order valence-corrected chi connectivity index (χ0v) is 10.9. The van der Waals surface area contributed by atoms with Crippen molar-refractivity contribution in [2.24, 2.45) is 0 Å². The van der Waals surface area contributed by atoms with Gasteiger partial charge in [0.2, 0.25) is 11.9 Å². The number of hydrogen-bond acceptors (Lipinski definition) is 6. The third kappa shape index (κ3) is 2.89. The average molecular weight is 266 g/mol. The first-order valence-electron chi connectivity index (χ1n) is 5.45. The molecule has 0 aromatic carbocycles. The standard InChI is InChI=1S/C10H14N6OS/c1-5(2)13-7(17)4-18-9-6-3-12-16-8(6)14-10(11)15-9/h3,5H,4H2,1-2H3,(H,13,17)(H3,11,12,14,15,16). The van der Waals surface area contributed by atoms with Gasteiger partial charge in [-0.25, -0.2) is 4.98 Å². The number of H-pyrrole nitrogens is 1. The van der Waals surface area contributed by atoms with E-state index >= 15 is 0 Å². The highest BCUT2D eigenvalue weighted by atomic mass is 32.2. The predicted molar refractivity (Wildman–Crippen MR) is 70.1 cm³/mol. The van der Waals surface area contributed by atoms with Gasteiger partial charge in [-0.1, -0.05) is 11.8 Å². The fraction of sp³-hybridized carbons (Fsp3) is 0.400. The summed E-state index contributed by atoms with van der Waals surface area (Å²) in [4.78, 5) is 19.7. The van der Waals surface area contributed by atoms with Crippen LogP contribution in [0.15, 0.2) is 11.2 Å². The van der Waals surface area contributed by atoms with E-state index in [1.54, 1.807) is 6.20 Å². The van der Waals surface area contributed by atoms with Gasteiger partial charge in [-0.05, 0) is 13.8 Å². The number of nitrogens with zero attached hydrogens (tertiary/aromatic N) is 3. The summed E-state index contributed by atoms with van der Waals surface area (Å²) in [6.45, 7) is 3.83. The Morgan fingerprint density at radius 2 is 2.33 bits per heavy atom. The van der Waals surface area contributed by atoms with Crippen molar-refractivity contribution in [3.05, 3.63) is 6.20 Å². The van der Waals surface area contributed by atoms with Crippen molar-refractivity contribution in [3.8, 4) is 0 Å². The minimum Gasteiger partial charge on any atom is -0.368 e. The van der Waals surface area contributed by atoms with Crippen LogP contribution < -0.4 is 11.1 Å². The SMILES string of the molecule is CC(C)NC(=O)CSc1nc(N)nc2[nH]ncc12. The lowest BCUT2D eigenvalue weighted by molar-refractivity contribution is -0.119. The molecule has 8 heteroatoms. The largest absolute Gasteiger partial charge is 0.368 e. The Kier molecular flexibility index (Phi) is 3.66. The van der Waals surface area contributed by atoms with E-state index in [1.165, 1.54) is 11.8 Å². The van der Waals surface area contributed by atoms with E-state index in [1.807, 2.05) is 13.8 Å². The number of rotatable bonds is 4. The Balaban J connectivity index is 2.11. The van der Waals surface area contributed by atoms with E-state index in [2.05, 4.69) is 25.5 Å². The lowest BCUT2D eigenvalue weighted by Gasteiger charge is -2.07. The van der Waals surface area contributed by atoms with Gasteiger partial charge >= 0.3 is 0 Å². The fourth-order valence-corrected chi connectivity index (χ4v) is 2.25. The number of amides is 1. The van der Waals surface area contributed by atoms with Crippen molar-refractivity contribution in [1.82, 2.24) is 25.5 Å². The lowest BCUT2D eigenvalue weighted by atomic mass is 10.4. The molecule has 1 amide bonds. The molecule has 0 aliphatic carbocycles. The molecular weight excluding hydrogens is 252 g/mol. The monoisotopic (exact) mass is 266 g/mol. The van der Waals surface area contributed by atoms with Crippen LogP contribution in [-0.2, 0) is 4.79 Å². The maximum Gasteiger partial charge on any atom is 0.230 e. The number of carbonyl (C=O) groups excluding carboxylic acids is 1. The van der Waals surface area contributed by atoms with E-state index < -0.39 is 0 Å². The molecule has 0 atom stereocenters. The van der Waals surface area contributed by atoms with Crippen LogP contribution in [0.2, 0.25) is 0 Å². The smallest absolute Gasteiger partial charge is 0.230 e. The number of nitrogens with one attached hydrogen (secondary N) is 2. The Morgan fingerprint density at radius 1 is 1.56 bits per heavy atom. The molecule has 2 aromatic rings. The average Bonchev–Trinajstić information content (AvgIpc) is 2.72. The summed E-state index contributed by atoms with van der Waals surface area (Å²) in [5.74, 6) is 0.414. The second-order valence-corrected chi connectivity index (χ2v) is 4.99. The maximum absolute atomic E-state index is 11.6. The lowest BCUT2D eigenvalue weighted by Crippen LogP contribution is -2.31. The number of carbonyl (C=O) groups is 1. The molecule has 18 heavy (non-hydrogen) atoms. The van der Waals surface area contributed by atoms with Gasteiger partial charge in [-0.15, -0.1) is 0 Å². The third-order valence-electron chi connectivity index (χ3n) is 2.08. The Labute approximate surface area is 108 Å². The zero-order chi connectivity index (χ0) is 13.1. The van der Waals surface area contributed by atoms with Crippen LogP contribution in [0.4, 0.5) is 5.95 Å². The topological polar surface area (TPSA) is 110 Å². The molecule has 0 aliphatic heterocycles. The molecule has 7 nitrogen and oxygen atoms in total. The first-order valence-corrected chi connectivity index (χ1v) is 6.43. The van der Waals surface area contributed by atoms with E-state index in [4.69, 9.17) is 5.73 Å². The number of nitrogen functional groups attached to an aromatic ring is 1. The van der Waals surface area contributed by atoms with Crippen LogP contribution in [0, 0.1) is 0 Å². The highest BCUT2D eigenvalue weighted by Crippen LogP contribution is 2.24. The number of aromatic nitrogens is 4. The Bertz CT molecular complexity index is 566. The van der Waals surface area contributed by atoms with Crippen molar-refractivity contribution >= 4 is 34.7 Å².